The molecule has 0 aliphatic rings. The fourth-order valence-electron chi connectivity index (χ4n) is 2.02. The largest absolute Gasteiger partial charge is 0.298 e. The zero-order chi connectivity index (χ0) is 11.7. The van der Waals surface area contributed by atoms with Gasteiger partial charge in [0.1, 0.15) is 0 Å². The Morgan fingerprint density at radius 1 is 1.38 bits per heavy atom. The van der Waals surface area contributed by atoms with Gasteiger partial charge in [0.2, 0.25) is 5.91 Å². The van der Waals surface area contributed by atoms with Crippen LogP contribution in [0.1, 0.15) is 34.2 Å². The summed E-state index contributed by atoms with van der Waals surface area (Å²) >= 11 is 0. The van der Waals surface area contributed by atoms with E-state index in [-0.39, 0.29) is 5.91 Å². The highest BCUT2D eigenvalue weighted by Crippen LogP contribution is 2.24. The van der Waals surface area contributed by atoms with E-state index in [9.17, 15) is 9.59 Å². The van der Waals surface area contributed by atoms with E-state index in [2.05, 4.69) is 0 Å². The first-order chi connectivity index (χ1) is 7.70. The van der Waals surface area contributed by atoms with Gasteiger partial charge in [0.05, 0.1) is 5.52 Å². The van der Waals surface area contributed by atoms with Crippen molar-refractivity contribution in [2.45, 2.75) is 20.3 Å². The highest BCUT2D eigenvalue weighted by Gasteiger charge is 2.16. The molecule has 0 N–H and O–H groups in total. The maximum atomic E-state index is 11.8. The number of hydrogen-bond acceptors (Lipinski definition) is 2. The van der Waals surface area contributed by atoms with Gasteiger partial charge in [-0.1, -0.05) is 25.1 Å². The van der Waals surface area contributed by atoms with Gasteiger partial charge in [0.25, 0.3) is 0 Å². The lowest BCUT2D eigenvalue weighted by molar-refractivity contribution is 0.0912. The highest BCUT2D eigenvalue weighted by atomic mass is 16.2. The normalized spacial score (nSPS) is 10.6. The van der Waals surface area contributed by atoms with Crippen LogP contribution in [-0.2, 0) is 0 Å². The minimum Gasteiger partial charge on any atom is -0.298 e. The third-order valence-electron chi connectivity index (χ3n) is 2.83. The monoisotopic (exact) mass is 215 g/mol. The first-order valence-electron chi connectivity index (χ1n) is 5.29. The molecule has 3 heteroatoms. The summed E-state index contributed by atoms with van der Waals surface area (Å²) < 4.78 is 1.62. The summed E-state index contributed by atoms with van der Waals surface area (Å²) in [7, 11) is 0. The second-order valence-corrected chi connectivity index (χ2v) is 3.72. The van der Waals surface area contributed by atoms with Gasteiger partial charge in [-0.2, -0.15) is 0 Å². The van der Waals surface area contributed by atoms with Gasteiger partial charge in [-0.25, -0.2) is 0 Å². The van der Waals surface area contributed by atoms with Crippen molar-refractivity contribution in [3.8, 4) is 0 Å². The van der Waals surface area contributed by atoms with Gasteiger partial charge in [-0.3, -0.25) is 14.2 Å². The molecule has 0 aliphatic carbocycles. The molecule has 1 aromatic carbocycles. The van der Waals surface area contributed by atoms with Crippen molar-refractivity contribution in [3.05, 3.63) is 35.5 Å². The van der Waals surface area contributed by atoms with Crippen molar-refractivity contribution in [2.75, 3.05) is 0 Å². The van der Waals surface area contributed by atoms with Crippen LogP contribution in [0, 0.1) is 6.92 Å². The molecule has 0 saturated heterocycles. The number of carbonyl (C=O) groups is 2. The number of nitrogens with zero attached hydrogens (tertiary/aromatic N) is 1. The molecule has 0 amide bonds. The van der Waals surface area contributed by atoms with E-state index < -0.39 is 0 Å². The molecule has 2 rings (SSSR count). The zero-order valence-electron chi connectivity index (χ0n) is 9.36. The highest BCUT2D eigenvalue weighted by molar-refractivity contribution is 6.04. The van der Waals surface area contributed by atoms with Crippen LogP contribution >= 0.6 is 0 Å². The second kappa shape index (κ2) is 3.93. The van der Waals surface area contributed by atoms with E-state index in [1.807, 2.05) is 31.2 Å². The molecule has 1 heterocycles. The van der Waals surface area contributed by atoms with Gasteiger partial charge in [-0.05, 0) is 13.0 Å². The fraction of sp³-hybridized carbons (Fsp3) is 0.231. The Balaban J connectivity index is 2.87. The molecule has 16 heavy (non-hydrogen) atoms. The topological polar surface area (TPSA) is 39.1 Å². The molecule has 3 nitrogen and oxygen atoms in total. The zero-order valence-corrected chi connectivity index (χ0v) is 9.36. The Morgan fingerprint density at radius 2 is 2.06 bits per heavy atom. The number of hydrogen-bond donors (Lipinski definition) is 0. The molecular weight excluding hydrogens is 202 g/mol. The average molecular weight is 215 g/mol. The molecule has 0 atom stereocenters. The summed E-state index contributed by atoms with van der Waals surface area (Å²) in [5.74, 6) is 0.0156. The molecule has 0 fully saturated rings. The molecular formula is C13H13NO2. The molecule has 0 bridgehead atoms. The predicted octanol–water partition coefficient (Wildman–Crippen LogP) is 2.81. The molecule has 0 spiro atoms. The van der Waals surface area contributed by atoms with Crippen LogP contribution in [0.25, 0.3) is 10.9 Å². The quantitative estimate of drug-likeness (QED) is 0.722. The smallest absolute Gasteiger partial charge is 0.231 e. The lowest BCUT2D eigenvalue weighted by Gasteiger charge is -2.03. The Kier molecular flexibility index (Phi) is 2.60. The predicted molar refractivity (Wildman–Crippen MR) is 63.0 cm³/mol. The van der Waals surface area contributed by atoms with Crippen molar-refractivity contribution in [2.24, 2.45) is 0 Å². The first-order valence-corrected chi connectivity index (χ1v) is 5.29. The molecule has 0 saturated carbocycles. The van der Waals surface area contributed by atoms with E-state index in [0.29, 0.717) is 12.0 Å². The van der Waals surface area contributed by atoms with Crippen LogP contribution in [0.5, 0.6) is 0 Å². The van der Waals surface area contributed by atoms with Crippen LogP contribution in [0.2, 0.25) is 0 Å². The summed E-state index contributed by atoms with van der Waals surface area (Å²) in [6.45, 7) is 3.62. The van der Waals surface area contributed by atoms with E-state index in [0.717, 1.165) is 22.9 Å². The lowest BCUT2D eigenvalue weighted by Crippen LogP contribution is -2.10. The Bertz CT molecular complexity index is 567. The number of carbonyl (C=O) groups excluding carboxylic acids is 2. The molecule has 82 valence electrons. The maximum Gasteiger partial charge on any atom is 0.231 e. The second-order valence-electron chi connectivity index (χ2n) is 3.72. The van der Waals surface area contributed by atoms with Crippen LogP contribution in [-0.4, -0.2) is 16.8 Å². The summed E-state index contributed by atoms with van der Waals surface area (Å²) in [4.78, 5) is 22.9. The lowest BCUT2D eigenvalue weighted by atomic mass is 10.1. The van der Waals surface area contributed by atoms with Crippen LogP contribution in [0.4, 0.5) is 0 Å². The van der Waals surface area contributed by atoms with Crippen LogP contribution < -0.4 is 0 Å². The van der Waals surface area contributed by atoms with Crippen molar-refractivity contribution in [3.63, 3.8) is 0 Å². The molecule has 0 unspecified atom stereocenters. The van der Waals surface area contributed by atoms with Crippen molar-refractivity contribution in [1.29, 1.82) is 0 Å². The Labute approximate surface area is 93.7 Å². The standard InChI is InChI=1S/C13H13NO2/c1-3-13(16)14-9(2)11(8-15)10-6-4-5-7-12(10)14/h4-8H,3H2,1-2H3. The third-order valence-corrected chi connectivity index (χ3v) is 2.83. The maximum absolute atomic E-state index is 11.8. The SMILES string of the molecule is CCC(=O)n1c(C)c(C=O)c2ccccc21. The third kappa shape index (κ3) is 1.36. The van der Waals surface area contributed by atoms with Gasteiger partial charge in [0, 0.05) is 23.1 Å². The average Bonchev–Trinajstić information content (AvgIpc) is 2.60. The van der Waals surface area contributed by atoms with E-state index in [1.54, 1.807) is 11.5 Å². The summed E-state index contributed by atoms with van der Waals surface area (Å²) in [6, 6.07) is 7.47. The number of rotatable bonds is 2. The number of aromatic nitrogens is 1. The van der Waals surface area contributed by atoms with E-state index >= 15 is 0 Å². The van der Waals surface area contributed by atoms with Crippen molar-refractivity contribution in [1.82, 2.24) is 4.57 Å². The van der Waals surface area contributed by atoms with Crippen molar-refractivity contribution >= 4 is 23.1 Å². The fourth-order valence-corrected chi connectivity index (χ4v) is 2.02. The first kappa shape index (κ1) is 10.6. The van der Waals surface area contributed by atoms with Gasteiger partial charge in [-0.15, -0.1) is 0 Å². The summed E-state index contributed by atoms with van der Waals surface area (Å²) in [6.07, 6.45) is 1.24. The van der Waals surface area contributed by atoms with Gasteiger partial charge < -0.3 is 0 Å². The Morgan fingerprint density at radius 3 is 2.69 bits per heavy atom. The number of benzene rings is 1. The Hall–Kier alpha value is -1.90. The van der Waals surface area contributed by atoms with Gasteiger partial charge >= 0.3 is 0 Å². The minimum absolute atomic E-state index is 0.0156. The van der Waals surface area contributed by atoms with E-state index in [1.165, 1.54) is 0 Å². The number of para-hydroxylation sites is 1. The van der Waals surface area contributed by atoms with Crippen LogP contribution in [0.15, 0.2) is 24.3 Å². The number of fused-ring (bicyclic) bond motifs is 1. The number of aldehydes is 1. The molecule has 2 aromatic rings. The molecule has 1 aromatic heterocycles. The van der Waals surface area contributed by atoms with Gasteiger partial charge in [0.15, 0.2) is 6.29 Å². The summed E-state index contributed by atoms with van der Waals surface area (Å²) in [5, 5.41) is 0.844. The summed E-state index contributed by atoms with van der Waals surface area (Å²) in [5.41, 5.74) is 2.15. The molecule has 0 radical (unpaired) electrons. The van der Waals surface area contributed by atoms with E-state index in [4.69, 9.17) is 0 Å². The van der Waals surface area contributed by atoms with Crippen molar-refractivity contribution < 1.29 is 9.59 Å². The van der Waals surface area contributed by atoms with Crippen LogP contribution in [0.3, 0.4) is 0 Å². The molecule has 0 aliphatic heterocycles. The minimum atomic E-state index is 0.0156.